The highest BCUT2D eigenvalue weighted by atomic mass is 19.4. The van der Waals surface area contributed by atoms with Crippen molar-refractivity contribution in [2.45, 2.75) is 12.7 Å². The van der Waals surface area contributed by atoms with Gasteiger partial charge in [0.05, 0.1) is 18.2 Å². The van der Waals surface area contributed by atoms with Crippen molar-refractivity contribution >= 4 is 18.0 Å². The van der Waals surface area contributed by atoms with Crippen molar-refractivity contribution in [2.75, 3.05) is 7.11 Å². The normalized spacial score (nSPS) is 11.4. The molecule has 26 heavy (non-hydrogen) atoms. The van der Waals surface area contributed by atoms with Gasteiger partial charge in [-0.1, -0.05) is 24.3 Å². The smallest absolute Gasteiger partial charge is 0.416 e. The lowest BCUT2D eigenvalue weighted by Gasteiger charge is -2.06. The zero-order valence-electron chi connectivity index (χ0n) is 13.8. The number of carbonyl (C=O) groups is 2. The summed E-state index contributed by atoms with van der Waals surface area (Å²) in [5, 5.41) is 2.61. The number of hydrogen-bond acceptors (Lipinski definition) is 3. The Morgan fingerprint density at radius 2 is 1.81 bits per heavy atom. The minimum absolute atomic E-state index is 0.215. The Morgan fingerprint density at radius 1 is 1.12 bits per heavy atom. The third-order valence-electron chi connectivity index (χ3n) is 3.48. The number of halogens is 3. The van der Waals surface area contributed by atoms with Crippen molar-refractivity contribution in [3.05, 3.63) is 76.9 Å². The molecule has 0 aromatic heterocycles. The molecule has 0 fully saturated rings. The van der Waals surface area contributed by atoms with Crippen molar-refractivity contribution in [1.82, 2.24) is 5.32 Å². The van der Waals surface area contributed by atoms with E-state index in [0.29, 0.717) is 5.56 Å². The summed E-state index contributed by atoms with van der Waals surface area (Å²) < 4.78 is 42.5. The molecule has 0 radical (unpaired) electrons. The van der Waals surface area contributed by atoms with Gasteiger partial charge in [0, 0.05) is 12.6 Å². The minimum atomic E-state index is -4.43. The molecule has 1 N–H and O–H groups in total. The van der Waals surface area contributed by atoms with Crippen LogP contribution in [0.3, 0.4) is 0 Å². The number of ether oxygens (including phenoxy) is 1. The predicted octanol–water partition coefficient (Wildman–Crippen LogP) is 3.82. The van der Waals surface area contributed by atoms with Crippen LogP contribution < -0.4 is 5.32 Å². The van der Waals surface area contributed by atoms with E-state index in [4.69, 9.17) is 0 Å². The van der Waals surface area contributed by atoms with Crippen LogP contribution in [0.2, 0.25) is 0 Å². The highest BCUT2D eigenvalue weighted by molar-refractivity contribution is 5.91. The fraction of sp³-hybridized carbons (Fsp3) is 0.158. The molecule has 0 aliphatic heterocycles. The molecule has 0 atom stereocenters. The maximum atomic E-state index is 12.6. The van der Waals surface area contributed by atoms with Crippen LogP contribution in [-0.2, 0) is 22.3 Å². The first-order valence-electron chi connectivity index (χ1n) is 7.60. The zero-order chi connectivity index (χ0) is 19.2. The van der Waals surface area contributed by atoms with E-state index < -0.39 is 23.6 Å². The second-order valence-corrected chi connectivity index (χ2v) is 5.36. The number of alkyl halides is 3. The Labute approximate surface area is 148 Å². The first kappa shape index (κ1) is 19.2. The molecule has 2 aromatic carbocycles. The number of amides is 1. The van der Waals surface area contributed by atoms with E-state index in [0.717, 1.165) is 23.8 Å². The third-order valence-corrected chi connectivity index (χ3v) is 3.48. The lowest BCUT2D eigenvalue weighted by molar-refractivity contribution is -0.137. The van der Waals surface area contributed by atoms with Gasteiger partial charge in [0.2, 0.25) is 5.91 Å². The average Bonchev–Trinajstić information content (AvgIpc) is 2.64. The average molecular weight is 363 g/mol. The summed E-state index contributed by atoms with van der Waals surface area (Å²) in [7, 11) is 1.28. The fourth-order valence-electron chi connectivity index (χ4n) is 2.12. The van der Waals surface area contributed by atoms with E-state index >= 15 is 0 Å². The summed E-state index contributed by atoms with van der Waals surface area (Å²) in [5.41, 5.74) is 0.661. The Hall–Kier alpha value is -3.09. The van der Waals surface area contributed by atoms with Gasteiger partial charge in [-0.15, -0.1) is 0 Å². The SMILES string of the molecule is COC(=O)c1ccc(CNC(=O)C=Cc2cccc(C(F)(F)F)c2)cc1. The summed E-state index contributed by atoms with van der Waals surface area (Å²) in [6.45, 7) is 0.215. The van der Waals surface area contributed by atoms with Gasteiger partial charge in [0.1, 0.15) is 0 Å². The molecule has 136 valence electrons. The molecular weight excluding hydrogens is 347 g/mol. The van der Waals surface area contributed by atoms with Gasteiger partial charge in [-0.05, 0) is 41.5 Å². The van der Waals surface area contributed by atoms with E-state index in [1.54, 1.807) is 24.3 Å². The molecule has 0 unspecified atom stereocenters. The van der Waals surface area contributed by atoms with Crippen LogP contribution in [0.25, 0.3) is 6.08 Å². The van der Waals surface area contributed by atoms with Crippen molar-refractivity contribution in [2.24, 2.45) is 0 Å². The van der Waals surface area contributed by atoms with Gasteiger partial charge in [-0.2, -0.15) is 13.2 Å². The molecule has 2 aromatic rings. The van der Waals surface area contributed by atoms with Gasteiger partial charge < -0.3 is 10.1 Å². The van der Waals surface area contributed by atoms with E-state index in [1.807, 2.05) is 0 Å². The van der Waals surface area contributed by atoms with Gasteiger partial charge in [-0.3, -0.25) is 4.79 Å². The van der Waals surface area contributed by atoms with Crippen molar-refractivity contribution in [3.63, 3.8) is 0 Å². The lowest BCUT2D eigenvalue weighted by atomic mass is 10.1. The van der Waals surface area contributed by atoms with Crippen LogP contribution in [0.5, 0.6) is 0 Å². The monoisotopic (exact) mass is 363 g/mol. The third kappa shape index (κ3) is 5.47. The Balaban J connectivity index is 1.92. The Bertz CT molecular complexity index is 812. The van der Waals surface area contributed by atoms with E-state index in [2.05, 4.69) is 10.1 Å². The van der Waals surface area contributed by atoms with E-state index in [9.17, 15) is 22.8 Å². The second-order valence-electron chi connectivity index (χ2n) is 5.36. The number of esters is 1. The molecule has 0 aliphatic rings. The van der Waals surface area contributed by atoms with Crippen LogP contribution in [0.4, 0.5) is 13.2 Å². The van der Waals surface area contributed by atoms with Gasteiger partial charge >= 0.3 is 12.1 Å². The molecule has 0 spiro atoms. The van der Waals surface area contributed by atoms with Crippen molar-refractivity contribution in [3.8, 4) is 0 Å². The number of hydrogen-bond donors (Lipinski definition) is 1. The Morgan fingerprint density at radius 3 is 2.42 bits per heavy atom. The molecule has 0 saturated heterocycles. The summed E-state index contributed by atoms with van der Waals surface area (Å²) in [6.07, 6.45) is -1.95. The summed E-state index contributed by atoms with van der Waals surface area (Å²) >= 11 is 0. The molecule has 2 rings (SSSR count). The van der Waals surface area contributed by atoms with Crippen molar-refractivity contribution < 1.29 is 27.5 Å². The number of nitrogens with one attached hydrogen (secondary N) is 1. The molecule has 0 bridgehead atoms. The number of benzene rings is 2. The maximum absolute atomic E-state index is 12.6. The molecule has 7 heteroatoms. The second kappa shape index (κ2) is 8.33. The first-order chi connectivity index (χ1) is 12.3. The van der Waals surface area contributed by atoms with Gasteiger partial charge in [0.15, 0.2) is 0 Å². The molecule has 0 saturated carbocycles. The number of carbonyl (C=O) groups excluding carboxylic acids is 2. The molecule has 4 nitrogen and oxygen atoms in total. The van der Waals surface area contributed by atoms with E-state index in [-0.39, 0.29) is 12.1 Å². The molecule has 0 heterocycles. The highest BCUT2D eigenvalue weighted by Gasteiger charge is 2.30. The molecule has 0 aliphatic carbocycles. The van der Waals surface area contributed by atoms with Crippen LogP contribution in [0.1, 0.15) is 27.0 Å². The fourth-order valence-corrected chi connectivity index (χ4v) is 2.12. The van der Waals surface area contributed by atoms with E-state index in [1.165, 1.54) is 25.3 Å². The predicted molar refractivity (Wildman–Crippen MR) is 90.1 cm³/mol. The largest absolute Gasteiger partial charge is 0.465 e. The molecular formula is C19H16F3NO3. The lowest BCUT2D eigenvalue weighted by Crippen LogP contribution is -2.20. The molecule has 1 amide bonds. The van der Waals surface area contributed by atoms with Gasteiger partial charge in [0.25, 0.3) is 0 Å². The van der Waals surface area contributed by atoms with Crippen LogP contribution in [0.15, 0.2) is 54.6 Å². The van der Waals surface area contributed by atoms with Crippen LogP contribution >= 0.6 is 0 Å². The quantitative estimate of drug-likeness (QED) is 0.649. The van der Waals surface area contributed by atoms with Crippen LogP contribution in [0, 0.1) is 0 Å². The highest BCUT2D eigenvalue weighted by Crippen LogP contribution is 2.29. The topological polar surface area (TPSA) is 55.4 Å². The summed E-state index contributed by atoms with van der Waals surface area (Å²) in [4.78, 5) is 23.1. The van der Waals surface area contributed by atoms with Crippen LogP contribution in [-0.4, -0.2) is 19.0 Å². The standard InChI is InChI=1S/C19H16F3NO3/c1-26-18(25)15-8-5-14(6-9-15)12-23-17(24)10-7-13-3-2-4-16(11-13)19(20,21)22/h2-11H,12H2,1H3,(H,23,24). The summed E-state index contributed by atoms with van der Waals surface area (Å²) in [5.74, 6) is -0.899. The summed E-state index contributed by atoms with van der Waals surface area (Å²) in [6, 6.07) is 11.2. The Kier molecular flexibility index (Phi) is 6.16. The minimum Gasteiger partial charge on any atom is -0.465 e. The first-order valence-corrected chi connectivity index (χ1v) is 7.60. The number of methoxy groups -OCH3 is 1. The zero-order valence-corrected chi connectivity index (χ0v) is 13.8. The maximum Gasteiger partial charge on any atom is 0.416 e. The van der Waals surface area contributed by atoms with Gasteiger partial charge in [-0.25, -0.2) is 4.79 Å². The van der Waals surface area contributed by atoms with Crippen molar-refractivity contribution in [1.29, 1.82) is 0 Å². The number of rotatable bonds is 5.